The average Bonchev–Trinajstić information content (AvgIpc) is 2.60. The first kappa shape index (κ1) is 9.83. The third-order valence-electron chi connectivity index (χ3n) is 2.66. The molecule has 2 N–H and O–H groups in total. The van der Waals surface area contributed by atoms with E-state index in [1.807, 2.05) is 18.2 Å². The molecule has 0 aromatic heterocycles. The molecular weight excluding hydrogens is 194 g/mol. The summed E-state index contributed by atoms with van der Waals surface area (Å²) >= 11 is 0. The number of hydrogen-bond acceptors (Lipinski definition) is 3. The third-order valence-corrected chi connectivity index (χ3v) is 2.66. The molecule has 1 aliphatic heterocycles. The van der Waals surface area contributed by atoms with Gasteiger partial charge in [-0.3, -0.25) is 4.79 Å². The van der Waals surface area contributed by atoms with Crippen LogP contribution in [0.3, 0.4) is 0 Å². The van der Waals surface area contributed by atoms with Gasteiger partial charge in [0.25, 0.3) is 0 Å². The molecule has 4 heteroatoms. The van der Waals surface area contributed by atoms with Gasteiger partial charge >= 0.3 is 5.97 Å². The monoisotopic (exact) mass is 207 g/mol. The molecule has 0 saturated heterocycles. The molecule has 0 amide bonds. The topological polar surface area (TPSA) is 58.6 Å². The number of nitrogens with one attached hydrogen (secondary N) is 1. The molecule has 15 heavy (non-hydrogen) atoms. The minimum absolute atomic E-state index is 0.0726. The molecule has 1 heterocycles. The van der Waals surface area contributed by atoms with E-state index >= 15 is 0 Å². The van der Waals surface area contributed by atoms with Crippen LogP contribution < -0.4 is 10.1 Å². The lowest BCUT2D eigenvalue weighted by Crippen LogP contribution is -2.07. The summed E-state index contributed by atoms with van der Waals surface area (Å²) in [4.78, 5) is 10.6. The van der Waals surface area contributed by atoms with Crippen LogP contribution in [0.1, 0.15) is 17.9 Å². The molecule has 1 aromatic rings. The van der Waals surface area contributed by atoms with Gasteiger partial charge in [-0.15, -0.1) is 0 Å². The highest BCUT2D eigenvalue weighted by Gasteiger charge is 2.24. The standard InChI is InChI=1S/C11H13NO3/c1-15-8-2-3-9-7(4-11(13)14)6-12-10(9)5-8/h2-3,5,7,12H,4,6H2,1H3,(H,13,14)/t7-/m1/s1. The lowest BCUT2D eigenvalue weighted by molar-refractivity contribution is -0.137. The summed E-state index contributed by atoms with van der Waals surface area (Å²) in [7, 11) is 1.62. The van der Waals surface area contributed by atoms with Crippen molar-refractivity contribution >= 4 is 11.7 Å². The van der Waals surface area contributed by atoms with Gasteiger partial charge in [-0.05, 0) is 11.6 Å². The van der Waals surface area contributed by atoms with Crippen molar-refractivity contribution < 1.29 is 14.6 Å². The zero-order valence-electron chi connectivity index (χ0n) is 8.49. The third kappa shape index (κ3) is 1.88. The minimum Gasteiger partial charge on any atom is -0.497 e. The van der Waals surface area contributed by atoms with Gasteiger partial charge in [0.2, 0.25) is 0 Å². The molecule has 0 unspecified atom stereocenters. The predicted molar refractivity (Wildman–Crippen MR) is 56.5 cm³/mol. The maximum atomic E-state index is 10.6. The van der Waals surface area contributed by atoms with E-state index in [0.29, 0.717) is 6.54 Å². The van der Waals surface area contributed by atoms with Crippen LogP contribution in [0.4, 0.5) is 5.69 Å². The summed E-state index contributed by atoms with van der Waals surface area (Å²) in [5.41, 5.74) is 2.05. The van der Waals surface area contributed by atoms with E-state index in [-0.39, 0.29) is 12.3 Å². The normalized spacial score (nSPS) is 18.1. The van der Waals surface area contributed by atoms with Crippen molar-refractivity contribution in [3.63, 3.8) is 0 Å². The van der Waals surface area contributed by atoms with Crippen molar-refractivity contribution in [3.05, 3.63) is 23.8 Å². The van der Waals surface area contributed by atoms with Crippen LogP contribution in [0.2, 0.25) is 0 Å². The number of hydrogen-bond donors (Lipinski definition) is 2. The van der Waals surface area contributed by atoms with Gasteiger partial charge in [0.15, 0.2) is 0 Å². The first-order valence-electron chi connectivity index (χ1n) is 4.84. The van der Waals surface area contributed by atoms with Gasteiger partial charge in [0, 0.05) is 24.2 Å². The average molecular weight is 207 g/mol. The van der Waals surface area contributed by atoms with Gasteiger partial charge in [-0.2, -0.15) is 0 Å². The Morgan fingerprint density at radius 3 is 3.13 bits per heavy atom. The van der Waals surface area contributed by atoms with Gasteiger partial charge in [-0.25, -0.2) is 0 Å². The van der Waals surface area contributed by atoms with Gasteiger partial charge < -0.3 is 15.2 Å². The van der Waals surface area contributed by atoms with Crippen molar-refractivity contribution in [1.82, 2.24) is 0 Å². The number of aliphatic carboxylic acids is 1. The number of ether oxygens (including phenoxy) is 1. The van der Waals surface area contributed by atoms with Crippen LogP contribution in [0.25, 0.3) is 0 Å². The second-order valence-corrected chi connectivity index (χ2v) is 3.63. The Balaban J connectivity index is 2.24. The van der Waals surface area contributed by atoms with Gasteiger partial charge in [0.05, 0.1) is 13.5 Å². The first-order chi connectivity index (χ1) is 7.20. The summed E-state index contributed by atoms with van der Waals surface area (Å²) in [6.07, 6.45) is 0.173. The number of benzene rings is 1. The number of methoxy groups -OCH3 is 1. The van der Waals surface area contributed by atoms with Crippen LogP contribution in [0.15, 0.2) is 18.2 Å². The fourth-order valence-corrected chi connectivity index (χ4v) is 1.91. The maximum Gasteiger partial charge on any atom is 0.304 e. The van der Waals surface area contributed by atoms with E-state index in [2.05, 4.69) is 5.32 Å². The SMILES string of the molecule is COc1ccc2c(c1)NC[C@H]2CC(=O)O. The Morgan fingerprint density at radius 2 is 2.47 bits per heavy atom. The fourth-order valence-electron chi connectivity index (χ4n) is 1.91. The van der Waals surface area contributed by atoms with Crippen molar-refractivity contribution in [2.75, 3.05) is 19.0 Å². The zero-order valence-corrected chi connectivity index (χ0v) is 8.49. The minimum atomic E-state index is -0.759. The lowest BCUT2D eigenvalue weighted by Gasteiger charge is -2.07. The van der Waals surface area contributed by atoms with Crippen molar-refractivity contribution in [3.8, 4) is 5.75 Å². The van der Waals surface area contributed by atoms with Crippen molar-refractivity contribution in [1.29, 1.82) is 0 Å². The summed E-state index contributed by atoms with van der Waals surface area (Å²) in [5, 5.41) is 11.9. The number of fused-ring (bicyclic) bond motifs is 1. The molecule has 1 aromatic carbocycles. The Morgan fingerprint density at radius 1 is 1.67 bits per heavy atom. The van der Waals surface area contributed by atoms with Gasteiger partial charge in [0.1, 0.15) is 5.75 Å². The fraction of sp³-hybridized carbons (Fsp3) is 0.364. The zero-order chi connectivity index (χ0) is 10.8. The molecule has 1 aliphatic rings. The summed E-state index contributed by atoms with van der Waals surface area (Å²) < 4.78 is 5.10. The summed E-state index contributed by atoms with van der Waals surface area (Å²) in [6.45, 7) is 0.689. The van der Waals surface area contributed by atoms with Crippen LogP contribution >= 0.6 is 0 Å². The molecule has 4 nitrogen and oxygen atoms in total. The highest BCUT2D eigenvalue weighted by Crippen LogP contribution is 2.35. The van der Waals surface area contributed by atoms with Crippen molar-refractivity contribution in [2.24, 2.45) is 0 Å². The Bertz CT molecular complexity index is 389. The maximum absolute atomic E-state index is 10.6. The van der Waals surface area contributed by atoms with E-state index in [1.54, 1.807) is 7.11 Å². The Labute approximate surface area is 87.9 Å². The largest absolute Gasteiger partial charge is 0.497 e. The van der Waals surface area contributed by atoms with Crippen LogP contribution in [-0.2, 0) is 4.79 Å². The van der Waals surface area contributed by atoms with Crippen LogP contribution in [-0.4, -0.2) is 24.7 Å². The molecule has 0 fully saturated rings. The lowest BCUT2D eigenvalue weighted by atomic mass is 9.98. The molecular formula is C11H13NO3. The quantitative estimate of drug-likeness (QED) is 0.791. The van der Waals surface area contributed by atoms with Crippen LogP contribution in [0.5, 0.6) is 5.75 Å². The second kappa shape index (κ2) is 3.81. The Kier molecular flexibility index (Phi) is 2.49. The number of anilines is 1. The van der Waals surface area contributed by atoms with Crippen molar-refractivity contribution in [2.45, 2.75) is 12.3 Å². The van der Waals surface area contributed by atoms with E-state index in [1.165, 1.54) is 0 Å². The molecule has 2 rings (SSSR count). The second-order valence-electron chi connectivity index (χ2n) is 3.63. The predicted octanol–water partition coefficient (Wildman–Crippen LogP) is 1.68. The smallest absolute Gasteiger partial charge is 0.304 e. The number of carbonyl (C=O) groups is 1. The van der Waals surface area contributed by atoms with E-state index in [0.717, 1.165) is 17.0 Å². The Hall–Kier alpha value is -1.71. The highest BCUT2D eigenvalue weighted by atomic mass is 16.5. The van der Waals surface area contributed by atoms with Gasteiger partial charge in [-0.1, -0.05) is 6.07 Å². The van der Waals surface area contributed by atoms with Crippen LogP contribution in [0, 0.1) is 0 Å². The summed E-state index contributed by atoms with van der Waals surface area (Å²) in [5.74, 6) is 0.103. The molecule has 0 aliphatic carbocycles. The molecule has 0 bridgehead atoms. The molecule has 0 saturated carbocycles. The number of rotatable bonds is 3. The molecule has 0 spiro atoms. The summed E-state index contributed by atoms with van der Waals surface area (Å²) in [6, 6.07) is 5.69. The number of carboxylic acid groups (broad SMARTS) is 1. The first-order valence-corrected chi connectivity index (χ1v) is 4.84. The molecule has 1 atom stereocenters. The molecule has 0 radical (unpaired) electrons. The molecule has 80 valence electrons. The highest BCUT2D eigenvalue weighted by molar-refractivity contribution is 5.71. The van der Waals surface area contributed by atoms with E-state index in [9.17, 15) is 4.79 Å². The van der Waals surface area contributed by atoms with E-state index < -0.39 is 5.97 Å². The number of carboxylic acids is 1. The van der Waals surface area contributed by atoms with E-state index in [4.69, 9.17) is 9.84 Å².